The van der Waals surface area contributed by atoms with Gasteiger partial charge in [-0.3, -0.25) is 10.1 Å². The van der Waals surface area contributed by atoms with Crippen molar-refractivity contribution in [3.8, 4) is 11.5 Å². The molecule has 10 heteroatoms. The fraction of sp³-hybridized carbons (Fsp3) is 0.235. The molecule has 0 aromatic heterocycles. The number of sulfonamides is 1. The van der Waals surface area contributed by atoms with Crippen molar-refractivity contribution in [2.75, 3.05) is 7.11 Å². The zero-order chi connectivity index (χ0) is 20.2. The normalized spacial score (nSPS) is 11.3. The largest absolute Gasteiger partial charge is 0.495 e. The van der Waals surface area contributed by atoms with E-state index in [2.05, 4.69) is 4.72 Å². The first-order valence-corrected chi connectivity index (χ1v) is 9.29. The molecule has 0 aliphatic heterocycles. The Kier molecular flexibility index (Phi) is 6.13. The van der Waals surface area contributed by atoms with E-state index in [4.69, 9.17) is 9.47 Å². The van der Waals surface area contributed by atoms with Crippen LogP contribution in [0.3, 0.4) is 0 Å². The quantitative estimate of drug-likeness (QED) is 0.331. The van der Waals surface area contributed by atoms with Gasteiger partial charge in [-0.05, 0) is 38.1 Å². The molecule has 0 fully saturated rings. The molecule has 0 bridgehead atoms. The van der Waals surface area contributed by atoms with Crippen molar-refractivity contribution < 1.29 is 27.6 Å². The Morgan fingerprint density at radius 2 is 1.89 bits per heavy atom. The molecule has 2 aromatic rings. The Balaban J connectivity index is 2.36. The molecule has 0 amide bonds. The smallest absolute Gasteiger partial charge is 0.343 e. The van der Waals surface area contributed by atoms with Crippen LogP contribution in [0.4, 0.5) is 5.69 Å². The Morgan fingerprint density at radius 3 is 2.48 bits per heavy atom. The van der Waals surface area contributed by atoms with E-state index in [9.17, 15) is 23.3 Å². The van der Waals surface area contributed by atoms with Crippen LogP contribution in [0, 0.1) is 10.1 Å². The lowest BCUT2D eigenvalue weighted by Gasteiger charge is -2.14. The van der Waals surface area contributed by atoms with E-state index < -0.39 is 20.9 Å². The Hall–Kier alpha value is -2.98. The lowest BCUT2D eigenvalue weighted by atomic mass is 10.2. The number of nitrogens with zero attached hydrogens (tertiary/aromatic N) is 1. The molecule has 0 aliphatic rings. The third-order valence-electron chi connectivity index (χ3n) is 3.32. The van der Waals surface area contributed by atoms with Gasteiger partial charge >= 0.3 is 5.97 Å². The van der Waals surface area contributed by atoms with Crippen LogP contribution in [0.1, 0.15) is 24.2 Å². The molecule has 144 valence electrons. The van der Waals surface area contributed by atoms with Gasteiger partial charge in [-0.25, -0.2) is 17.9 Å². The van der Waals surface area contributed by atoms with Crippen molar-refractivity contribution in [3.63, 3.8) is 0 Å². The number of hydrogen-bond donors (Lipinski definition) is 1. The second-order valence-corrected chi connectivity index (χ2v) is 7.47. The summed E-state index contributed by atoms with van der Waals surface area (Å²) in [6, 6.07) is 8.55. The van der Waals surface area contributed by atoms with Gasteiger partial charge in [0, 0.05) is 12.1 Å². The lowest BCUT2D eigenvalue weighted by molar-refractivity contribution is -0.384. The Morgan fingerprint density at radius 1 is 1.19 bits per heavy atom. The number of hydrogen-bond acceptors (Lipinski definition) is 7. The summed E-state index contributed by atoms with van der Waals surface area (Å²) in [7, 11) is -2.61. The van der Waals surface area contributed by atoms with Gasteiger partial charge in [0.25, 0.3) is 5.69 Å². The van der Waals surface area contributed by atoms with Gasteiger partial charge in [0.2, 0.25) is 10.0 Å². The monoisotopic (exact) mass is 394 g/mol. The van der Waals surface area contributed by atoms with Gasteiger partial charge in [-0.15, -0.1) is 0 Å². The molecule has 0 spiro atoms. The molecule has 9 nitrogen and oxygen atoms in total. The molecule has 0 heterocycles. The van der Waals surface area contributed by atoms with Gasteiger partial charge in [0.05, 0.1) is 23.7 Å². The van der Waals surface area contributed by atoms with Crippen LogP contribution in [0.25, 0.3) is 0 Å². The maximum absolute atomic E-state index is 12.5. The highest BCUT2D eigenvalue weighted by molar-refractivity contribution is 7.89. The van der Waals surface area contributed by atoms with Crippen molar-refractivity contribution in [1.29, 1.82) is 0 Å². The van der Waals surface area contributed by atoms with Crippen molar-refractivity contribution in [2.24, 2.45) is 0 Å². The number of carbonyl (C=O) groups is 1. The van der Waals surface area contributed by atoms with Crippen LogP contribution in [0.5, 0.6) is 11.5 Å². The number of non-ortho nitro benzene ring substituents is 1. The summed E-state index contributed by atoms with van der Waals surface area (Å²) >= 11 is 0. The van der Waals surface area contributed by atoms with Gasteiger partial charge in [-0.1, -0.05) is 6.07 Å². The molecule has 27 heavy (non-hydrogen) atoms. The molecule has 1 N–H and O–H groups in total. The van der Waals surface area contributed by atoms with E-state index >= 15 is 0 Å². The average molecular weight is 394 g/mol. The predicted octanol–water partition coefficient (Wildman–Crippen LogP) is 2.51. The van der Waals surface area contributed by atoms with E-state index in [0.717, 1.165) is 12.1 Å². The van der Waals surface area contributed by atoms with E-state index in [0.29, 0.717) is 0 Å². The van der Waals surface area contributed by atoms with Crippen LogP contribution >= 0.6 is 0 Å². The van der Waals surface area contributed by atoms with E-state index in [-0.39, 0.29) is 33.7 Å². The molecule has 2 aromatic carbocycles. The highest BCUT2D eigenvalue weighted by atomic mass is 32.2. The average Bonchev–Trinajstić information content (AvgIpc) is 2.60. The maximum Gasteiger partial charge on any atom is 0.343 e. The molecule has 0 saturated carbocycles. The predicted molar refractivity (Wildman–Crippen MR) is 96.5 cm³/mol. The molecule has 0 atom stereocenters. The van der Waals surface area contributed by atoms with Gasteiger partial charge in [0.15, 0.2) is 0 Å². The summed E-state index contributed by atoms with van der Waals surface area (Å²) in [6.07, 6.45) is 0. The number of benzene rings is 2. The topological polar surface area (TPSA) is 125 Å². The number of nitrogens with one attached hydrogen (secondary N) is 1. The minimum Gasteiger partial charge on any atom is -0.495 e. The summed E-state index contributed by atoms with van der Waals surface area (Å²) < 4.78 is 37.5. The van der Waals surface area contributed by atoms with Crippen molar-refractivity contribution in [3.05, 3.63) is 58.1 Å². The summed E-state index contributed by atoms with van der Waals surface area (Å²) in [5.74, 6) is -0.830. The number of ether oxygens (including phenoxy) is 2. The van der Waals surface area contributed by atoms with Crippen molar-refractivity contribution in [2.45, 2.75) is 24.8 Å². The Bertz CT molecular complexity index is 971. The van der Waals surface area contributed by atoms with Gasteiger partial charge in [-0.2, -0.15) is 0 Å². The fourth-order valence-corrected chi connectivity index (χ4v) is 3.66. The first-order valence-electron chi connectivity index (χ1n) is 7.81. The van der Waals surface area contributed by atoms with Crippen LogP contribution < -0.4 is 14.2 Å². The number of nitro benzene ring substituents is 1. The first kappa shape index (κ1) is 20.3. The van der Waals surface area contributed by atoms with Crippen LogP contribution in [0.15, 0.2) is 47.4 Å². The number of rotatable bonds is 7. The third kappa shape index (κ3) is 5.02. The van der Waals surface area contributed by atoms with Crippen molar-refractivity contribution >= 4 is 21.7 Å². The standard InChI is InChI=1S/C17H18N2O7S/c1-11(2)18-27(23,24)16-9-12(7-8-15(16)25-3)17(20)26-14-6-4-5-13(10-14)19(21)22/h4-11,18H,1-3H3. The summed E-state index contributed by atoms with van der Waals surface area (Å²) in [4.78, 5) is 22.3. The second kappa shape index (κ2) is 8.14. The number of nitro groups is 1. The zero-order valence-electron chi connectivity index (χ0n) is 14.8. The second-order valence-electron chi connectivity index (χ2n) is 5.79. The summed E-state index contributed by atoms with van der Waals surface area (Å²) in [6.45, 7) is 3.31. The minimum atomic E-state index is -3.92. The molecular formula is C17H18N2O7S. The Labute approximate surface area is 156 Å². The molecular weight excluding hydrogens is 376 g/mol. The summed E-state index contributed by atoms with van der Waals surface area (Å²) in [5, 5.41) is 10.8. The van der Waals surface area contributed by atoms with Crippen LogP contribution in [-0.4, -0.2) is 32.5 Å². The number of methoxy groups -OCH3 is 1. The fourth-order valence-electron chi connectivity index (χ4n) is 2.21. The van der Waals surface area contributed by atoms with E-state index in [1.807, 2.05) is 0 Å². The highest BCUT2D eigenvalue weighted by Gasteiger charge is 2.23. The van der Waals surface area contributed by atoms with E-state index in [1.165, 1.54) is 37.4 Å². The first-order chi connectivity index (χ1) is 12.6. The van der Waals surface area contributed by atoms with Crippen molar-refractivity contribution in [1.82, 2.24) is 4.72 Å². The van der Waals surface area contributed by atoms with Crippen LogP contribution in [-0.2, 0) is 10.0 Å². The summed E-state index contributed by atoms with van der Waals surface area (Å²) in [5.41, 5.74) is -0.286. The molecule has 0 aliphatic carbocycles. The third-order valence-corrected chi connectivity index (χ3v) is 5.00. The molecule has 0 saturated heterocycles. The SMILES string of the molecule is COc1ccc(C(=O)Oc2cccc([N+](=O)[O-])c2)cc1S(=O)(=O)NC(C)C. The van der Waals surface area contributed by atoms with Gasteiger partial charge < -0.3 is 9.47 Å². The van der Waals surface area contributed by atoms with Crippen LogP contribution in [0.2, 0.25) is 0 Å². The molecule has 2 rings (SSSR count). The number of carbonyl (C=O) groups excluding carboxylic acids is 1. The maximum atomic E-state index is 12.5. The molecule has 0 unspecified atom stereocenters. The lowest BCUT2D eigenvalue weighted by Crippen LogP contribution is -2.30. The van der Waals surface area contributed by atoms with E-state index in [1.54, 1.807) is 13.8 Å². The number of esters is 1. The highest BCUT2D eigenvalue weighted by Crippen LogP contribution is 2.26. The van der Waals surface area contributed by atoms with Gasteiger partial charge in [0.1, 0.15) is 16.4 Å². The molecule has 0 radical (unpaired) electrons. The zero-order valence-corrected chi connectivity index (χ0v) is 15.6. The minimum absolute atomic E-state index is 0.0327.